The maximum Gasteiger partial charge on any atom is 0.416 e. The van der Waals surface area contributed by atoms with Crippen LogP contribution in [0.25, 0.3) is 0 Å². The highest BCUT2D eigenvalue weighted by Gasteiger charge is 2.37. The van der Waals surface area contributed by atoms with Gasteiger partial charge in [0.25, 0.3) is 5.91 Å². The quantitative estimate of drug-likeness (QED) is 0.595. The molecule has 1 amide bonds. The van der Waals surface area contributed by atoms with Crippen LogP contribution in [0.3, 0.4) is 0 Å². The van der Waals surface area contributed by atoms with Crippen LogP contribution in [-0.4, -0.2) is 30.1 Å². The fourth-order valence-corrected chi connectivity index (χ4v) is 2.88. The maximum absolute atomic E-state index is 13.0. The lowest BCUT2D eigenvalue weighted by molar-refractivity contribution is -0.143. The Labute approximate surface area is 176 Å². The summed E-state index contributed by atoms with van der Waals surface area (Å²) in [5.74, 6) is -2.67. The first-order valence-electron chi connectivity index (χ1n) is 8.38. The van der Waals surface area contributed by atoms with E-state index in [1.54, 1.807) is 0 Å². The molecule has 5 nitrogen and oxygen atoms in total. The highest BCUT2D eigenvalue weighted by atomic mass is 35.5. The molecule has 2 aromatic carbocycles. The largest absolute Gasteiger partial charge is 0.495 e. The lowest BCUT2D eigenvalue weighted by Crippen LogP contribution is -2.42. The van der Waals surface area contributed by atoms with Gasteiger partial charge in [0.15, 0.2) is 0 Å². The van der Waals surface area contributed by atoms with Crippen LogP contribution in [0.4, 0.5) is 26.3 Å². The molecule has 31 heavy (non-hydrogen) atoms. The van der Waals surface area contributed by atoms with Gasteiger partial charge in [-0.25, -0.2) is 4.79 Å². The fourth-order valence-electron chi connectivity index (χ4n) is 2.60. The number of methoxy groups -OCH3 is 1. The van der Waals surface area contributed by atoms with Crippen molar-refractivity contribution in [3.8, 4) is 5.75 Å². The van der Waals surface area contributed by atoms with Crippen LogP contribution in [-0.2, 0) is 23.6 Å². The van der Waals surface area contributed by atoms with Crippen LogP contribution < -0.4 is 10.1 Å². The van der Waals surface area contributed by atoms with Crippen LogP contribution in [0.5, 0.6) is 5.75 Å². The summed E-state index contributed by atoms with van der Waals surface area (Å²) < 4.78 is 82.7. The predicted molar refractivity (Wildman–Crippen MR) is 97.0 cm³/mol. The minimum absolute atomic E-state index is 0.134. The molecule has 0 saturated heterocycles. The lowest BCUT2D eigenvalue weighted by Gasteiger charge is -2.17. The standard InChI is InChI=1S/C19H14ClF6NO4/c1-31-15-3-2-9(4-13(15)20)5-14(17(29)30)27-16(28)10-6-11(18(21,22)23)8-12(7-10)19(24,25)26/h2-4,6-8,14H,5H2,1H3,(H,27,28)(H,29,30)/t14-/m1/s1. The number of aliphatic carboxylic acids is 1. The smallest absolute Gasteiger partial charge is 0.416 e. The Hall–Kier alpha value is -2.95. The van der Waals surface area contributed by atoms with E-state index in [4.69, 9.17) is 16.3 Å². The number of benzene rings is 2. The van der Waals surface area contributed by atoms with Crippen molar-refractivity contribution in [2.24, 2.45) is 0 Å². The van der Waals surface area contributed by atoms with Crippen LogP contribution in [0.2, 0.25) is 5.02 Å². The summed E-state index contributed by atoms with van der Waals surface area (Å²) in [6, 6.07) is 2.88. The number of nitrogens with one attached hydrogen (secondary N) is 1. The number of carbonyl (C=O) groups excluding carboxylic acids is 1. The van der Waals surface area contributed by atoms with Crippen molar-refractivity contribution >= 4 is 23.5 Å². The number of amides is 1. The summed E-state index contributed by atoms with van der Waals surface area (Å²) in [6.07, 6.45) is -10.6. The zero-order valence-corrected chi connectivity index (χ0v) is 16.3. The summed E-state index contributed by atoms with van der Waals surface area (Å²) in [7, 11) is 1.35. The number of carboxylic acid groups (broad SMARTS) is 1. The third-order valence-corrected chi connectivity index (χ3v) is 4.40. The molecular weight excluding hydrogens is 456 g/mol. The molecule has 0 heterocycles. The molecule has 0 aliphatic rings. The third-order valence-electron chi connectivity index (χ3n) is 4.11. The highest BCUT2D eigenvalue weighted by Crippen LogP contribution is 2.36. The lowest BCUT2D eigenvalue weighted by atomic mass is 10.0. The average Bonchev–Trinajstić information content (AvgIpc) is 2.65. The summed E-state index contributed by atoms with van der Waals surface area (Å²) in [5, 5.41) is 11.4. The molecule has 168 valence electrons. The van der Waals surface area contributed by atoms with E-state index in [0.717, 1.165) is 0 Å². The van der Waals surface area contributed by atoms with Crippen LogP contribution in [0.15, 0.2) is 36.4 Å². The number of rotatable bonds is 6. The molecule has 0 radical (unpaired) electrons. The minimum Gasteiger partial charge on any atom is -0.495 e. The Kier molecular flexibility index (Phi) is 7.10. The van der Waals surface area contributed by atoms with E-state index >= 15 is 0 Å². The molecule has 0 aliphatic heterocycles. The first-order valence-corrected chi connectivity index (χ1v) is 8.75. The van der Waals surface area contributed by atoms with Gasteiger partial charge in [-0.1, -0.05) is 17.7 Å². The van der Waals surface area contributed by atoms with E-state index in [9.17, 15) is 41.0 Å². The number of carbonyl (C=O) groups is 2. The molecule has 12 heteroatoms. The highest BCUT2D eigenvalue weighted by molar-refractivity contribution is 6.32. The first-order chi connectivity index (χ1) is 14.2. The van der Waals surface area contributed by atoms with Gasteiger partial charge in [-0.3, -0.25) is 4.79 Å². The molecule has 0 spiro atoms. The molecule has 1 atom stereocenters. The Bertz CT molecular complexity index is 958. The molecule has 0 bridgehead atoms. The van der Waals surface area contributed by atoms with Crippen molar-refractivity contribution in [2.75, 3.05) is 7.11 Å². The number of hydrogen-bond donors (Lipinski definition) is 2. The monoisotopic (exact) mass is 469 g/mol. The van der Waals surface area contributed by atoms with Crippen molar-refractivity contribution < 1.29 is 45.8 Å². The number of hydrogen-bond acceptors (Lipinski definition) is 3. The van der Waals surface area contributed by atoms with Gasteiger partial charge >= 0.3 is 18.3 Å². The molecule has 0 saturated carbocycles. The van der Waals surface area contributed by atoms with E-state index in [1.165, 1.54) is 25.3 Å². The Morgan fingerprint density at radius 2 is 1.58 bits per heavy atom. The van der Waals surface area contributed by atoms with Crippen LogP contribution in [0, 0.1) is 0 Å². The van der Waals surface area contributed by atoms with E-state index in [-0.39, 0.29) is 29.6 Å². The Morgan fingerprint density at radius 3 is 2.00 bits per heavy atom. The summed E-state index contributed by atoms with van der Waals surface area (Å²) in [5.41, 5.74) is -4.04. The summed E-state index contributed by atoms with van der Waals surface area (Å²) in [6.45, 7) is 0. The summed E-state index contributed by atoms with van der Waals surface area (Å²) >= 11 is 5.94. The Morgan fingerprint density at radius 1 is 1.03 bits per heavy atom. The molecule has 0 aromatic heterocycles. The van der Waals surface area contributed by atoms with Crippen LogP contribution >= 0.6 is 11.6 Å². The van der Waals surface area contributed by atoms with Gasteiger partial charge in [-0.05, 0) is 35.9 Å². The molecule has 0 fully saturated rings. The van der Waals surface area contributed by atoms with E-state index in [2.05, 4.69) is 0 Å². The molecule has 0 unspecified atom stereocenters. The molecule has 2 N–H and O–H groups in total. The van der Waals surface area contributed by atoms with Gasteiger partial charge < -0.3 is 15.2 Å². The number of halogens is 7. The normalized spacial score (nSPS) is 12.9. The fraction of sp³-hybridized carbons (Fsp3) is 0.263. The zero-order valence-electron chi connectivity index (χ0n) is 15.6. The molecule has 2 rings (SSSR count). The topological polar surface area (TPSA) is 75.6 Å². The van der Waals surface area contributed by atoms with Crippen molar-refractivity contribution in [1.29, 1.82) is 0 Å². The SMILES string of the molecule is COc1ccc(C[C@@H](NC(=O)c2cc(C(F)(F)F)cc(C(F)(F)F)c2)C(=O)O)cc1Cl. The summed E-state index contributed by atoms with van der Waals surface area (Å²) in [4.78, 5) is 23.8. The zero-order chi connectivity index (χ0) is 23.6. The third kappa shape index (κ3) is 6.27. The first kappa shape index (κ1) is 24.3. The van der Waals surface area contributed by atoms with Gasteiger partial charge in [0.1, 0.15) is 11.8 Å². The van der Waals surface area contributed by atoms with E-state index in [1.807, 2.05) is 5.32 Å². The van der Waals surface area contributed by atoms with Crippen molar-refractivity contribution in [1.82, 2.24) is 5.32 Å². The van der Waals surface area contributed by atoms with Gasteiger partial charge in [0.05, 0.1) is 23.3 Å². The van der Waals surface area contributed by atoms with Crippen LogP contribution in [0.1, 0.15) is 27.0 Å². The maximum atomic E-state index is 13.0. The van der Waals surface area contributed by atoms with Gasteiger partial charge in [0, 0.05) is 12.0 Å². The second-order valence-corrected chi connectivity index (χ2v) is 6.74. The van der Waals surface area contributed by atoms with Gasteiger partial charge in [0.2, 0.25) is 0 Å². The molecule has 0 aliphatic carbocycles. The van der Waals surface area contributed by atoms with E-state index in [0.29, 0.717) is 11.3 Å². The van der Waals surface area contributed by atoms with Crippen molar-refractivity contribution in [2.45, 2.75) is 24.8 Å². The Balaban J connectivity index is 2.34. The number of ether oxygens (including phenoxy) is 1. The minimum atomic E-state index is -5.15. The second kappa shape index (κ2) is 9.04. The van der Waals surface area contributed by atoms with Crippen molar-refractivity contribution in [3.05, 3.63) is 63.7 Å². The number of carboxylic acids is 1. The van der Waals surface area contributed by atoms with Gasteiger partial charge in [-0.15, -0.1) is 0 Å². The molecule has 2 aromatic rings. The van der Waals surface area contributed by atoms with Crippen molar-refractivity contribution in [3.63, 3.8) is 0 Å². The second-order valence-electron chi connectivity index (χ2n) is 6.33. The van der Waals surface area contributed by atoms with E-state index < -0.39 is 47.0 Å². The number of alkyl halides is 6. The van der Waals surface area contributed by atoms with Gasteiger partial charge in [-0.2, -0.15) is 26.3 Å². The average molecular weight is 470 g/mol. The predicted octanol–water partition coefficient (Wildman–Crippen LogP) is 4.81. The molecular formula is C19H14ClF6NO4.